The van der Waals surface area contributed by atoms with Gasteiger partial charge in [0.15, 0.2) is 6.10 Å². The summed E-state index contributed by atoms with van der Waals surface area (Å²) in [6.07, 6.45) is -0.764. The zero-order chi connectivity index (χ0) is 16.7. The van der Waals surface area contributed by atoms with Gasteiger partial charge in [-0.3, -0.25) is 9.59 Å². The molecule has 2 atom stereocenters. The van der Waals surface area contributed by atoms with Crippen LogP contribution in [-0.4, -0.2) is 35.7 Å². The fraction of sp³-hybridized carbons (Fsp3) is 0.500. The van der Waals surface area contributed by atoms with Gasteiger partial charge in [0.05, 0.1) is 6.61 Å². The van der Waals surface area contributed by atoms with E-state index in [1.807, 2.05) is 20.8 Å². The molecule has 1 aromatic carbocycles. The fourth-order valence-electron chi connectivity index (χ4n) is 1.78. The second-order valence-corrected chi connectivity index (χ2v) is 5.26. The Labute approximate surface area is 130 Å². The van der Waals surface area contributed by atoms with Gasteiger partial charge in [-0.15, -0.1) is 0 Å². The Morgan fingerprint density at radius 3 is 2.14 bits per heavy atom. The number of aliphatic carboxylic acids is 1. The minimum Gasteiger partial charge on any atom is -0.494 e. The summed E-state index contributed by atoms with van der Waals surface area (Å²) in [5, 5.41) is 11.3. The van der Waals surface area contributed by atoms with Crippen molar-refractivity contribution in [3.63, 3.8) is 0 Å². The molecule has 6 heteroatoms. The maximum atomic E-state index is 12.1. The zero-order valence-corrected chi connectivity index (χ0v) is 13.3. The molecule has 22 heavy (non-hydrogen) atoms. The van der Waals surface area contributed by atoms with Crippen LogP contribution in [0, 0.1) is 5.92 Å². The summed E-state index contributed by atoms with van der Waals surface area (Å²) in [6.45, 7) is 7.56. The van der Waals surface area contributed by atoms with Crippen molar-refractivity contribution < 1.29 is 24.2 Å². The SMILES string of the molecule is CCOc1ccc(OC(C(=O)NC(C)C(=O)O)C(C)C)cc1. The Balaban J connectivity index is 2.75. The molecule has 122 valence electrons. The van der Waals surface area contributed by atoms with Crippen LogP contribution in [0.5, 0.6) is 11.5 Å². The van der Waals surface area contributed by atoms with Crippen molar-refractivity contribution in [2.75, 3.05) is 6.61 Å². The number of carboxylic acids is 1. The van der Waals surface area contributed by atoms with Gasteiger partial charge >= 0.3 is 5.97 Å². The molecule has 0 fully saturated rings. The highest BCUT2D eigenvalue weighted by Gasteiger charge is 2.27. The molecule has 6 nitrogen and oxygen atoms in total. The first-order valence-corrected chi connectivity index (χ1v) is 7.27. The third kappa shape index (κ3) is 5.27. The standard InChI is InChI=1S/C16H23NO5/c1-5-21-12-6-8-13(9-7-12)22-14(10(2)3)15(18)17-11(4)16(19)20/h6-11,14H,5H2,1-4H3,(H,17,18)(H,19,20). The molecule has 0 aliphatic rings. The quantitative estimate of drug-likeness (QED) is 0.768. The molecule has 1 aromatic rings. The molecule has 2 N–H and O–H groups in total. The molecule has 0 heterocycles. The molecule has 0 spiro atoms. The summed E-state index contributed by atoms with van der Waals surface area (Å²) in [5.74, 6) is -0.386. The summed E-state index contributed by atoms with van der Waals surface area (Å²) in [4.78, 5) is 23.0. The van der Waals surface area contributed by atoms with Crippen LogP contribution < -0.4 is 14.8 Å². The summed E-state index contributed by atoms with van der Waals surface area (Å²) in [7, 11) is 0. The first-order valence-electron chi connectivity index (χ1n) is 7.27. The number of carbonyl (C=O) groups excluding carboxylic acids is 1. The van der Waals surface area contributed by atoms with Crippen molar-refractivity contribution >= 4 is 11.9 Å². The molecule has 0 aliphatic heterocycles. The van der Waals surface area contributed by atoms with Crippen LogP contribution in [0.25, 0.3) is 0 Å². The van der Waals surface area contributed by atoms with Gasteiger partial charge < -0.3 is 19.9 Å². The lowest BCUT2D eigenvalue weighted by molar-refractivity contribution is -0.143. The topological polar surface area (TPSA) is 84.9 Å². The number of carbonyl (C=O) groups is 2. The van der Waals surface area contributed by atoms with Gasteiger partial charge in [0, 0.05) is 0 Å². The third-order valence-corrected chi connectivity index (χ3v) is 2.99. The largest absolute Gasteiger partial charge is 0.494 e. The summed E-state index contributed by atoms with van der Waals surface area (Å²) < 4.78 is 11.0. The van der Waals surface area contributed by atoms with E-state index in [0.717, 1.165) is 5.75 Å². The number of ether oxygens (including phenoxy) is 2. The highest BCUT2D eigenvalue weighted by atomic mass is 16.5. The van der Waals surface area contributed by atoms with Gasteiger partial charge in [-0.2, -0.15) is 0 Å². The lowest BCUT2D eigenvalue weighted by Crippen LogP contribution is -2.47. The van der Waals surface area contributed by atoms with Crippen LogP contribution in [-0.2, 0) is 9.59 Å². The van der Waals surface area contributed by atoms with Crippen LogP contribution in [0.4, 0.5) is 0 Å². The minimum atomic E-state index is -1.09. The van der Waals surface area contributed by atoms with E-state index >= 15 is 0 Å². The van der Waals surface area contributed by atoms with Crippen LogP contribution in [0.1, 0.15) is 27.7 Å². The molecule has 0 saturated carbocycles. The van der Waals surface area contributed by atoms with Gasteiger partial charge in [-0.25, -0.2) is 0 Å². The van der Waals surface area contributed by atoms with Crippen LogP contribution in [0.15, 0.2) is 24.3 Å². The first kappa shape index (κ1) is 17.8. The van der Waals surface area contributed by atoms with Crippen molar-refractivity contribution in [1.82, 2.24) is 5.32 Å². The number of hydrogen-bond donors (Lipinski definition) is 2. The van der Waals surface area contributed by atoms with Crippen molar-refractivity contribution in [3.8, 4) is 11.5 Å². The predicted octanol–water partition coefficient (Wildman–Crippen LogP) is 2.08. The predicted molar refractivity (Wildman–Crippen MR) is 82.1 cm³/mol. The van der Waals surface area contributed by atoms with E-state index in [1.165, 1.54) is 6.92 Å². The second kappa shape index (κ2) is 8.26. The molecule has 0 radical (unpaired) electrons. The number of carboxylic acid groups (broad SMARTS) is 1. The molecule has 1 amide bonds. The third-order valence-electron chi connectivity index (χ3n) is 2.99. The Morgan fingerprint density at radius 1 is 1.14 bits per heavy atom. The van der Waals surface area contributed by atoms with E-state index < -0.39 is 24.0 Å². The fourth-order valence-corrected chi connectivity index (χ4v) is 1.78. The molecule has 1 rings (SSSR count). The number of nitrogens with one attached hydrogen (secondary N) is 1. The van der Waals surface area contributed by atoms with Gasteiger partial charge in [-0.05, 0) is 44.0 Å². The lowest BCUT2D eigenvalue weighted by atomic mass is 10.1. The van der Waals surface area contributed by atoms with Gasteiger partial charge in [0.2, 0.25) is 0 Å². The Hall–Kier alpha value is -2.24. The highest BCUT2D eigenvalue weighted by molar-refractivity contribution is 5.86. The van der Waals surface area contributed by atoms with E-state index in [-0.39, 0.29) is 5.92 Å². The normalized spacial score (nSPS) is 13.3. The second-order valence-electron chi connectivity index (χ2n) is 5.26. The van der Waals surface area contributed by atoms with Gasteiger partial charge in [-0.1, -0.05) is 13.8 Å². The minimum absolute atomic E-state index is 0.104. The Bertz CT molecular complexity index is 498. The number of rotatable bonds is 8. The van der Waals surface area contributed by atoms with Crippen molar-refractivity contribution in [3.05, 3.63) is 24.3 Å². The van der Waals surface area contributed by atoms with E-state index in [9.17, 15) is 9.59 Å². The lowest BCUT2D eigenvalue weighted by Gasteiger charge is -2.23. The van der Waals surface area contributed by atoms with E-state index in [0.29, 0.717) is 12.4 Å². The Morgan fingerprint density at radius 2 is 1.68 bits per heavy atom. The Kier molecular flexibility index (Phi) is 6.69. The molecular formula is C16H23NO5. The van der Waals surface area contributed by atoms with E-state index in [2.05, 4.69) is 5.32 Å². The summed E-state index contributed by atoms with van der Waals surface area (Å²) in [5.41, 5.74) is 0. The van der Waals surface area contributed by atoms with Crippen molar-refractivity contribution in [1.29, 1.82) is 0 Å². The van der Waals surface area contributed by atoms with Gasteiger partial charge in [0.25, 0.3) is 5.91 Å². The van der Waals surface area contributed by atoms with Crippen molar-refractivity contribution in [2.24, 2.45) is 5.92 Å². The van der Waals surface area contributed by atoms with Crippen LogP contribution in [0.2, 0.25) is 0 Å². The maximum Gasteiger partial charge on any atom is 0.325 e. The van der Waals surface area contributed by atoms with Crippen molar-refractivity contribution in [2.45, 2.75) is 39.8 Å². The first-order chi connectivity index (χ1) is 10.3. The zero-order valence-electron chi connectivity index (χ0n) is 13.3. The average molecular weight is 309 g/mol. The molecule has 2 unspecified atom stereocenters. The highest BCUT2D eigenvalue weighted by Crippen LogP contribution is 2.20. The number of benzene rings is 1. The monoisotopic (exact) mass is 309 g/mol. The summed E-state index contributed by atoms with van der Waals surface area (Å²) >= 11 is 0. The number of hydrogen-bond acceptors (Lipinski definition) is 4. The van der Waals surface area contributed by atoms with Crippen LogP contribution in [0.3, 0.4) is 0 Å². The average Bonchev–Trinajstić information content (AvgIpc) is 2.46. The van der Waals surface area contributed by atoms with E-state index in [4.69, 9.17) is 14.6 Å². The molecule has 0 aliphatic carbocycles. The van der Waals surface area contributed by atoms with E-state index in [1.54, 1.807) is 24.3 Å². The maximum absolute atomic E-state index is 12.1. The smallest absolute Gasteiger partial charge is 0.325 e. The molecular weight excluding hydrogens is 286 g/mol. The molecule has 0 aromatic heterocycles. The van der Waals surface area contributed by atoms with Gasteiger partial charge in [0.1, 0.15) is 17.5 Å². The number of amides is 1. The molecule has 0 saturated heterocycles. The summed E-state index contributed by atoms with van der Waals surface area (Å²) in [6, 6.07) is 5.99. The van der Waals surface area contributed by atoms with Crippen LogP contribution >= 0.6 is 0 Å². The molecule has 0 bridgehead atoms.